The molecule has 2 atom stereocenters. The summed E-state index contributed by atoms with van der Waals surface area (Å²) in [5.41, 5.74) is 5.13. The van der Waals surface area contributed by atoms with E-state index in [1.807, 2.05) is 29.8 Å². The number of aromatic nitrogens is 2. The number of ether oxygens (including phenoxy) is 1. The molecule has 35 heavy (non-hydrogen) atoms. The van der Waals surface area contributed by atoms with Gasteiger partial charge in [-0.3, -0.25) is 0 Å². The van der Waals surface area contributed by atoms with Crippen LogP contribution in [0.1, 0.15) is 48.6 Å². The van der Waals surface area contributed by atoms with E-state index in [9.17, 15) is 4.39 Å². The molecule has 2 fully saturated rings. The molecule has 0 radical (unpaired) electrons. The van der Waals surface area contributed by atoms with Crippen LogP contribution >= 0.6 is 0 Å². The van der Waals surface area contributed by atoms with Crippen molar-refractivity contribution in [3.8, 4) is 11.4 Å². The Kier molecular flexibility index (Phi) is 5.55. The molecule has 2 aromatic carbocycles. The summed E-state index contributed by atoms with van der Waals surface area (Å²) in [5, 5.41) is 4.62. The van der Waals surface area contributed by atoms with Crippen molar-refractivity contribution in [1.29, 1.82) is 0 Å². The number of rotatable bonds is 5. The molecule has 7 heteroatoms. The van der Waals surface area contributed by atoms with E-state index in [0.29, 0.717) is 5.92 Å². The smallest absolute Gasteiger partial charge is 0.173 e. The van der Waals surface area contributed by atoms with Crippen molar-refractivity contribution >= 4 is 11.9 Å². The fraction of sp³-hybridized carbons (Fsp3) is 0.357. The molecule has 0 N–H and O–H groups in total. The highest BCUT2D eigenvalue weighted by molar-refractivity contribution is 6.03. The van der Waals surface area contributed by atoms with Crippen LogP contribution < -0.4 is 4.74 Å². The van der Waals surface area contributed by atoms with Gasteiger partial charge in [-0.25, -0.2) is 9.37 Å². The molecule has 1 saturated carbocycles. The number of halogens is 1. The fourth-order valence-corrected chi connectivity index (χ4v) is 5.31. The summed E-state index contributed by atoms with van der Waals surface area (Å²) in [7, 11) is 1.69. The highest BCUT2D eigenvalue weighted by Gasteiger charge is 2.47. The minimum absolute atomic E-state index is 0.177. The van der Waals surface area contributed by atoms with Gasteiger partial charge in [0.2, 0.25) is 0 Å². The summed E-state index contributed by atoms with van der Waals surface area (Å²) >= 11 is 0. The van der Waals surface area contributed by atoms with Gasteiger partial charge in [-0.1, -0.05) is 23.4 Å². The number of amidine groups is 1. The van der Waals surface area contributed by atoms with Crippen molar-refractivity contribution < 1.29 is 14.0 Å². The number of fused-ring (bicyclic) bond motifs is 1. The monoisotopic (exact) mass is 472 g/mol. The number of methoxy groups -OCH3 is 1. The maximum atomic E-state index is 13.5. The third-order valence-corrected chi connectivity index (χ3v) is 7.17. The van der Waals surface area contributed by atoms with Crippen molar-refractivity contribution in [2.24, 2.45) is 11.1 Å². The number of nitrogens with zero attached hydrogens (tertiary/aromatic N) is 4. The Hall–Kier alpha value is -3.61. The van der Waals surface area contributed by atoms with Crippen LogP contribution in [0.3, 0.4) is 0 Å². The average molecular weight is 473 g/mol. The summed E-state index contributed by atoms with van der Waals surface area (Å²) in [6, 6.07) is 13.1. The number of aryl methyl sites for hydroxylation is 1. The Labute approximate surface area is 204 Å². The van der Waals surface area contributed by atoms with Crippen LogP contribution in [0.25, 0.3) is 11.8 Å². The van der Waals surface area contributed by atoms with E-state index in [-0.39, 0.29) is 18.0 Å². The molecule has 6 nitrogen and oxygen atoms in total. The normalized spacial score (nSPS) is 23.0. The van der Waals surface area contributed by atoms with Crippen LogP contribution in [0.2, 0.25) is 0 Å². The first-order chi connectivity index (χ1) is 17.1. The summed E-state index contributed by atoms with van der Waals surface area (Å²) in [6.45, 7) is 2.93. The standard InChI is InChI=1S/C28H29FN4O2/c1-18-16-32(17-30-18)24-12-5-19(15-25(24)34-2)14-22-4-3-13-33-26(20-6-7-20)27(35-31-28(22)33)21-8-10-23(29)11-9-21/h5,8-12,14-17,20,26-27H,3-4,6-7,13H2,1-2H3/b22-14+. The second-order valence-corrected chi connectivity index (χ2v) is 9.64. The molecule has 2 unspecified atom stereocenters. The number of piperidine rings is 1. The molecule has 0 bridgehead atoms. The summed E-state index contributed by atoms with van der Waals surface area (Å²) < 4.78 is 21.2. The summed E-state index contributed by atoms with van der Waals surface area (Å²) in [5.74, 6) is 2.07. The van der Waals surface area contributed by atoms with Gasteiger partial charge < -0.3 is 19.0 Å². The van der Waals surface area contributed by atoms with Gasteiger partial charge in [0.25, 0.3) is 0 Å². The molecule has 3 aliphatic rings. The predicted octanol–water partition coefficient (Wildman–Crippen LogP) is 5.67. The van der Waals surface area contributed by atoms with Crippen LogP contribution in [0.15, 0.2) is 65.7 Å². The lowest BCUT2D eigenvalue weighted by atomic mass is 9.91. The molecule has 1 saturated heterocycles. The number of oxime groups is 1. The van der Waals surface area contributed by atoms with Gasteiger partial charge >= 0.3 is 0 Å². The lowest BCUT2D eigenvalue weighted by molar-refractivity contribution is -0.0293. The van der Waals surface area contributed by atoms with Crippen LogP contribution in [0, 0.1) is 18.7 Å². The van der Waals surface area contributed by atoms with Crippen molar-refractivity contribution in [1.82, 2.24) is 14.5 Å². The Balaban J connectivity index is 1.32. The molecule has 0 amide bonds. The summed E-state index contributed by atoms with van der Waals surface area (Å²) in [4.78, 5) is 12.9. The fourth-order valence-electron chi connectivity index (χ4n) is 5.31. The lowest BCUT2D eigenvalue weighted by Gasteiger charge is -2.44. The highest BCUT2D eigenvalue weighted by atomic mass is 19.1. The number of benzene rings is 2. The second kappa shape index (κ2) is 8.87. The molecule has 3 aromatic rings. The molecule has 2 aliphatic heterocycles. The zero-order chi connectivity index (χ0) is 23.9. The van der Waals surface area contributed by atoms with E-state index in [4.69, 9.17) is 9.57 Å². The zero-order valence-corrected chi connectivity index (χ0v) is 20.0. The van der Waals surface area contributed by atoms with Gasteiger partial charge in [-0.15, -0.1) is 0 Å². The Morgan fingerprint density at radius 3 is 2.69 bits per heavy atom. The first-order valence-corrected chi connectivity index (χ1v) is 12.3. The van der Waals surface area contributed by atoms with Crippen LogP contribution in [-0.2, 0) is 4.84 Å². The van der Waals surface area contributed by atoms with E-state index in [1.54, 1.807) is 13.4 Å². The molecule has 1 aliphatic carbocycles. The summed E-state index contributed by atoms with van der Waals surface area (Å²) in [6.07, 6.45) is 10.2. The molecule has 180 valence electrons. The first kappa shape index (κ1) is 21.9. The molecular formula is C28H29FN4O2. The van der Waals surface area contributed by atoms with E-state index < -0.39 is 0 Å². The van der Waals surface area contributed by atoms with E-state index in [0.717, 1.165) is 53.5 Å². The Morgan fingerprint density at radius 1 is 1.14 bits per heavy atom. The zero-order valence-electron chi connectivity index (χ0n) is 20.0. The molecule has 1 aromatic heterocycles. The Bertz CT molecular complexity index is 1290. The first-order valence-electron chi connectivity index (χ1n) is 12.3. The van der Waals surface area contributed by atoms with Gasteiger partial charge in [-0.2, -0.15) is 0 Å². The molecule has 3 heterocycles. The minimum atomic E-state index is -0.232. The molecule has 0 spiro atoms. The van der Waals surface area contributed by atoms with Crippen molar-refractivity contribution in [3.63, 3.8) is 0 Å². The van der Waals surface area contributed by atoms with E-state index in [2.05, 4.69) is 39.3 Å². The quantitative estimate of drug-likeness (QED) is 0.480. The topological polar surface area (TPSA) is 51.9 Å². The maximum absolute atomic E-state index is 13.5. The average Bonchev–Trinajstić information content (AvgIpc) is 3.63. The van der Waals surface area contributed by atoms with Crippen molar-refractivity contribution in [2.45, 2.75) is 44.8 Å². The lowest BCUT2D eigenvalue weighted by Crippen LogP contribution is -2.51. The highest BCUT2D eigenvalue weighted by Crippen LogP contribution is 2.46. The number of hydrogen-bond donors (Lipinski definition) is 0. The van der Waals surface area contributed by atoms with Gasteiger partial charge in [0.15, 0.2) is 11.9 Å². The third-order valence-electron chi connectivity index (χ3n) is 7.17. The molecular weight excluding hydrogens is 443 g/mol. The van der Waals surface area contributed by atoms with Crippen LogP contribution in [0.5, 0.6) is 5.75 Å². The second-order valence-electron chi connectivity index (χ2n) is 9.64. The van der Waals surface area contributed by atoms with Crippen LogP contribution in [0.4, 0.5) is 4.39 Å². The van der Waals surface area contributed by atoms with E-state index in [1.165, 1.54) is 30.5 Å². The SMILES string of the molecule is COc1cc(/C=C2\CCCN3C2=NOC(c2ccc(F)cc2)C3C2CC2)ccc1-n1cnc(C)c1. The van der Waals surface area contributed by atoms with Gasteiger partial charge in [-0.05, 0) is 85.6 Å². The maximum Gasteiger partial charge on any atom is 0.173 e. The van der Waals surface area contributed by atoms with Crippen molar-refractivity contribution in [2.75, 3.05) is 13.7 Å². The van der Waals surface area contributed by atoms with E-state index >= 15 is 0 Å². The minimum Gasteiger partial charge on any atom is -0.495 e. The Morgan fingerprint density at radius 2 is 1.97 bits per heavy atom. The van der Waals surface area contributed by atoms with Gasteiger partial charge in [0, 0.05) is 12.7 Å². The largest absolute Gasteiger partial charge is 0.495 e. The van der Waals surface area contributed by atoms with Crippen molar-refractivity contribution in [3.05, 3.63) is 83.2 Å². The van der Waals surface area contributed by atoms with Crippen LogP contribution in [-0.4, -0.2) is 40.0 Å². The van der Waals surface area contributed by atoms with Gasteiger partial charge in [0.1, 0.15) is 11.6 Å². The number of hydrogen-bond acceptors (Lipinski definition) is 5. The predicted molar refractivity (Wildman–Crippen MR) is 133 cm³/mol. The third kappa shape index (κ3) is 4.20. The number of imidazole rings is 1. The molecule has 6 rings (SSSR count). The van der Waals surface area contributed by atoms with Gasteiger partial charge in [0.05, 0.1) is 30.9 Å².